The van der Waals surface area contributed by atoms with Crippen LogP contribution >= 0.6 is 27.5 Å². The zero-order chi connectivity index (χ0) is 14.0. The summed E-state index contributed by atoms with van der Waals surface area (Å²) in [5, 5.41) is 3.27. The lowest BCUT2D eigenvalue weighted by Gasteiger charge is -2.10. The van der Waals surface area contributed by atoms with Crippen LogP contribution in [0.4, 0.5) is 11.4 Å². The number of rotatable bonds is 2. The van der Waals surface area contributed by atoms with Crippen LogP contribution in [0.5, 0.6) is 0 Å². The number of halogens is 2. The Morgan fingerprint density at radius 3 is 2.74 bits per heavy atom. The number of carbonyl (C=O) groups excluding carboxylic acids is 1. The van der Waals surface area contributed by atoms with Gasteiger partial charge in [0.2, 0.25) is 0 Å². The molecular weight excluding hydrogens is 328 g/mol. The van der Waals surface area contributed by atoms with Crippen molar-refractivity contribution in [2.24, 2.45) is 0 Å². The van der Waals surface area contributed by atoms with Gasteiger partial charge in [-0.2, -0.15) is 0 Å². The van der Waals surface area contributed by atoms with Crippen LogP contribution in [0.15, 0.2) is 40.9 Å². The molecule has 0 fully saturated rings. The number of anilines is 2. The second kappa shape index (κ2) is 5.63. The van der Waals surface area contributed by atoms with Gasteiger partial charge in [-0.1, -0.05) is 23.7 Å². The Balaban J connectivity index is 2.28. The van der Waals surface area contributed by atoms with Crippen LogP contribution in [0.25, 0.3) is 0 Å². The third kappa shape index (κ3) is 3.08. The van der Waals surface area contributed by atoms with Crippen LogP contribution in [0, 0.1) is 6.92 Å². The van der Waals surface area contributed by atoms with Crippen molar-refractivity contribution in [2.75, 3.05) is 11.1 Å². The van der Waals surface area contributed by atoms with Gasteiger partial charge in [-0.05, 0) is 52.7 Å². The molecule has 0 aromatic heterocycles. The van der Waals surface area contributed by atoms with Gasteiger partial charge in [0.05, 0.1) is 20.7 Å². The SMILES string of the molecule is Cc1ccc(NC(=O)c2cccc(N)c2Br)c(Cl)c1. The first-order chi connectivity index (χ1) is 8.99. The van der Waals surface area contributed by atoms with E-state index in [4.69, 9.17) is 17.3 Å². The number of nitrogen functional groups attached to an aromatic ring is 1. The summed E-state index contributed by atoms with van der Waals surface area (Å²) in [6, 6.07) is 10.6. The number of nitrogens with two attached hydrogens (primary N) is 1. The van der Waals surface area contributed by atoms with E-state index < -0.39 is 0 Å². The Hall–Kier alpha value is -1.52. The second-order valence-electron chi connectivity index (χ2n) is 4.15. The quantitative estimate of drug-likeness (QED) is 0.804. The predicted molar refractivity (Wildman–Crippen MR) is 82.7 cm³/mol. The molecule has 0 aliphatic heterocycles. The highest BCUT2D eigenvalue weighted by molar-refractivity contribution is 9.10. The van der Waals surface area contributed by atoms with Crippen molar-refractivity contribution in [3.05, 3.63) is 57.0 Å². The van der Waals surface area contributed by atoms with Gasteiger partial charge in [0.1, 0.15) is 0 Å². The number of hydrogen-bond donors (Lipinski definition) is 2. The minimum atomic E-state index is -0.259. The van der Waals surface area contributed by atoms with Gasteiger partial charge in [-0.3, -0.25) is 4.79 Å². The lowest BCUT2D eigenvalue weighted by atomic mass is 10.1. The Morgan fingerprint density at radius 2 is 2.05 bits per heavy atom. The molecule has 0 aliphatic carbocycles. The summed E-state index contributed by atoms with van der Waals surface area (Å²) < 4.78 is 0.579. The maximum absolute atomic E-state index is 12.2. The Labute approximate surface area is 124 Å². The van der Waals surface area contributed by atoms with Gasteiger partial charge >= 0.3 is 0 Å². The smallest absolute Gasteiger partial charge is 0.256 e. The predicted octanol–water partition coefficient (Wildman–Crippen LogP) is 4.25. The van der Waals surface area contributed by atoms with Crippen molar-refractivity contribution in [2.45, 2.75) is 6.92 Å². The highest BCUT2D eigenvalue weighted by Crippen LogP contribution is 2.27. The standard InChI is InChI=1S/C14H12BrClN2O/c1-8-5-6-12(10(16)7-8)18-14(19)9-3-2-4-11(17)13(9)15/h2-7H,17H2,1H3,(H,18,19). The molecule has 5 heteroatoms. The zero-order valence-electron chi connectivity index (χ0n) is 10.2. The molecular formula is C14H12BrClN2O. The minimum absolute atomic E-state index is 0.259. The molecule has 2 aromatic rings. The number of nitrogens with one attached hydrogen (secondary N) is 1. The molecule has 0 unspecified atom stereocenters. The van der Waals surface area contributed by atoms with Crippen LogP contribution in [-0.2, 0) is 0 Å². The van der Waals surface area contributed by atoms with Gasteiger partial charge in [0.15, 0.2) is 0 Å². The third-order valence-electron chi connectivity index (χ3n) is 2.65. The average molecular weight is 340 g/mol. The fourth-order valence-electron chi connectivity index (χ4n) is 1.64. The van der Waals surface area contributed by atoms with Crippen molar-refractivity contribution >= 4 is 44.8 Å². The molecule has 98 valence electrons. The molecule has 3 nitrogen and oxygen atoms in total. The highest BCUT2D eigenvalue weighted by atomic mass is 79.9. The summed E-state index contributed by atoms with van der Waals surface area (Å²) in [5.41, 5.74) is 8.34. The molecule has 2 rings (SSSR count). The largest absolute Gasteiger partial charge is 0.398 e. The number of aryl methyl sites for hydroxylation is 1. The van der Waals surface area contributed by atoms with Crippen molar-refractivity contribution < 1.29 is 4.79 Å². The summed E-state index contributed by atoms with van der Waals surface area (Å²) in [6.07, 6.45) is 0. The number of benzene rings is 2. The molecule has 3 N–H and O–H groups in total. The Bertz CT molecular complexity index is 643. The third-order valence-corrected chi connectivity index (χ3v) is 3.84. The molecule has 0 radical (unpaired) electrons. The number of hydrogen-bond acceptors (Lipinski definition) is 2. The molecule has 0 saturated carbocycles. The summed E-state index contributed by atoms with van der Waals surface area (Å²) in [6.45, 7) is 1.94. The topological polar surface area (TPSA) is 55.1 Å². The maximum atomic E-state index is 12.2. The van der Waals surface area contributed by atoms with Crippen LogP contribution in [0.2, 0.25) is 5.02 Å². The maximum Gasteiger partial charge on any atom is 0.256 e. The zero-order valence-corrected chi connectivity index (χ0v) is 12.5. The van der Waals surface area contributed by atoms with E-state index in [1.54, 1.807) is 30.3 Å². The second-order valence-corrected chi connectivity index (χ2v) is 5.35. The summed E-state index contributed by atoms with van der Waals surface area (Å²) in [7, 11) is 0. The van der Waals surface area contributed by atoms with Crippen LogP contribution in [0.3, 0.4) is 0 Å². The first kappa shape index (κ1) is 13.9. The number of amides is 1. The molecule has 1 amide bonds. The molecule has 0 aliphatic rings. The monoisotopic (exact) mass is 338 g/mol. The Morgan fingerprint density at radius 1 is 1.32 bits per heavy atom. The molecule has 0 spiro atoms. The van der Waals surface area contributed by atoms with Gasteiger partial charge < -0.3 is 11.1 Å². The molecule has 0 atom stereocenters. The molecule has 0 bridgehead atoms. The summed E-state index contributed by atoms with van der Waals surface area (Å²) in [4.78, 5) is 12.2. The van der Waals surface area contributed by atoms with Crippen molar-refractivity contribution in [3.8, 4) is 0 Å². The van der Waals surface area contributed by atoms with Gasteiger partial charge in [0, 0.05) is 5.69 Å². The van der Waals surface area contributed by atoms with Crippen molar-refractivity contribution in [1.29, 1.82) is 0 Å². The molecule has 19 heavy (non-hydrogen) atoms. The minimum Gasteiger partial charge on any atom is -0.398 e. The van der Waals surface area contributed by atoms with E-state index in [0.717, 1.165) is 5.56 Å². The van der Waals surface area contributed by atoms with Gasteiger partial charge in [-0.15, -0.1) is 0 Å². The first-order valence-electron chi connectivity index (χ1n) is 5.60. The summed E-state index contributed by atoms with van der Waals surface area (Å²) in [5.74, 6) is -0.259. The van der Waals surface area contributed by atoms with Crippen molar-refractivity contribution in [1.82, 2.24) is 0 Å². The summed E-state index contributed by atoms with van der Waals surface area (Å²) >= 11 is 9.39. The van der Waals surface area contributed by atoms with Crippen LogP contribution in [0.1, 0.15) is 15.9 Å². The lowest BCUT2D eigenvalue weighted by molar-refractivity contribution is 0.102. The van der Waals surface area contributed by atoms with E-state index in [0.29, 0.717) is 26.4 Å². The van der Waals surface area contributed by atoms with Crippen molar-refractivity contribution in [3.63, 3.8) is 0 Å². The normalized spacial score (nSPS) is 10.3. The number of carbonyl (C=O) groups is 1. The van der Waals surface area contributed by atoms with E-state index in [-0.39, 0.29) is 5.91 Å². The van der Waals surface area contributed by atoms with E-state index in [9.17, 15) is 4.79 Å². The molecule has 0 heterocycles. The highest BCUT2D eigenvalue weighted by Gasteiger charge is 2.13. The average Bonchev–Trinajstić information content (AvgIpc) is 2.36. The van der Waals surface area contributed by atoms with Gasteiger partial charge in [0.25, 0.3) is 5.91 Å². The van der Waals surface area contributed by atoms with E-state index in [1.165, 1.54) is 0 Å². The van der Waals surface area contributed by atoms with E-state index in [2.05, 4.69) is 21.2 Å². The molecule has 0 saturated heterocycles. The molecule has 2 aromatic carbocycles. The lowest BCUT2D eigenvalue weighted by Crippen LogP contribution is -2.13. The van der Waals surface area contributed by atoms with E-state index in [1.807, 2.05) is 13.0 Å². The fraction of sp³-hybridized carbons (Fsp3) is 0.0714. The van der Waals surface area contributed by atoms with Crippen LogP contribution < -0.4 is 11.1 Å². The van der Waals surface area contributed by atoms with E-state index >= 15 is 0 Å². The Kier molecular flexibility index (Phi) is 4.12. The van der Waals surface area contributed by atoms with Gasteiger partial charge in [-0.25, -0.2) is 0 Å². The van der Waals surface area contributed by atoms with Crippen LogP contribution in [-0.4, -0.2) is 5.91 Å². The fourth-order valence-corrected chi connectivity index (χ4v) is 2.36. The first-order valence-corrected chi connectivity index (χ1v) is 6.77.